The number of aromatic nitrogens is 6. The van der Waals surface area contributed by atoms with Crippen molar-refractivity contribution in [1.82, 2.24) is 35.1 Å². The quantitative estimate of drug-likeness (QED) is 0.0172. The normalized spacial score (nSPS) is 33.1. The number of nitrogens with zero attached hydrogens (tertiary/aromatic N) is 8. The van der Waals surface area contributed by atoms with Gasteiger partial charge in [0, 0.05) is 112 Å². The van der Waals surface area contributed by atoms with Crippen LogP contribution in [0.5, 0.6) is 0 Å². The monoisotopic (exact) mass is 1580 g/mol. The molecule has 19 atom stereocenters. The minimum atomic E-state index is -5.07. The van der Waals surface area contributed by atoms with Gasteiger partial charge in [-0.2, -0.15) is 4.57 Å². The van der Waals surface area contributed by atoms with E-state index in [0.717, 1.165) is 16.6 Å². The minimum absolute atomic E-state index is 0. The molecule has 1 aromatic carbocycles. The summed E-state index contributed by atoms with van der Waals surface area (Å²) in [6.45, 7) is 20.7. The van der Waals surface area contributed by atoms with Crippen LogP contribution in [0.4, 0.5) is 5.82 Å². The van der Waals surface area contributed by atoms with Crippen LogP contribution in [0, 0.1) is 75.4 Å². The Morgan fingerprint density at radius 1 is 0.826 bits per heavy atom. The number of aliphatic hydroxyl groups excluding tert-OH is 4. The number of ether oxygens (including phenoxy) is 2. The number of fused-ring (bicyclic) bond motifs is 8. The number of hydrogen-bond acceptors (Lipinski definition) is 27. The number of benzene rings is 1. The molecule has 3 aromatic heterocycles. The van der Waals surface area contributed by atoms with Gasteiger partial charge in [-0.25, -0.2) is 24.5 Å². The molecular formula is C72H101CoN18O17P. The SMILES string of the molecule is C/C1=C2/N=C(C=C3N/C(=C(\C)C4=NC(C)(C5N=C1C(C)(CCC(=O)NCC(C)OP(=O)(O)O[C@H]1[C@@H](O)[C@@H]([n+]6c[nH]c7cc(C)c(C)cc76)O[C@@H]1CO)C5CC(N)=O)C(C)(CC(N)=O)C4CCC(=N)[O-])C(C)(CC(N)=O)C3CCC(=N)[O-])C(C)(C)C2CCC(=N)[O-].C[C@H]1O[C@@H](n2cnc3c(N)ncnc32)[C@H](O)[C@@H]1O.[Co+2]. The number of hydrogen-bond donors (Lipinski definition) is 15. The van der Waals surface area contributed by atoms with E-state index in [1.165, 1.54) is 19.6 Å². The van der Waals surface area contributed by atoms with Crippen molar-refractivity contribution in [3.8, 4) is 0 Å². The van der Waals surface area contributed by atoms with Crippen LogP contribution in [0.2, 0.25) is 0 Å². The van der Waals surface area contributed by atoms with E-state index in [-0.39, 0.29) is 99.8 Å². The summed E-state index contributed by atoms with van der Waals surface area (Å²) in [5.41, 5.74) is 26.0. The van der Waals surface area contributed by atoms with E-state index in [1.807, 2.05) is 59.8 Å². The zero-order valence-electron chi connectivity index (χ0n) is 63.0. The van der Waals surface area contributed by atoms with Gasteiger partial charge in [0.2, 0.25) is 36.2 Å². The number of primary amides is 3. The summed E-state index contributed by atoms with van der Waals surface area (Å²) in [5, 5.41) is 110. The number of nitrogen functional groups attached to an aromatic ring is 1. The standard InChI is InChI=1S/C62H90N13O14P.C10H13N5O3.Co/c1-29-20-39-40(21-30(29)2)75(28-70-39)57-52(84)53(41(27-76)87-57)89-90(85,86)88-31(3)26-69-49(83)18-19-59(8)37(22-46(66)80)56-62(11)61(10,25-48(68)82)36(14-17-45(65)79)51(74-62)33(5)55-60(9,24-47(67)81)34(12-15-43(63)77)38(71-55)23-42-58(6,7)35(13-16-44(64)78)50(72-42)32(4)54(59)73-56;1-4-6(16)7(17)10(18-4)15-3-14-5-8(11)12-2-13-9(5)15;/h20-21,23,28,31,34-37,41,52-53,56-57,76,84H,12-19,22,24-27H2,1-11H3,(H15,63,64,65,66,67,68,69,71,72,73,74,77,78,79,80,81,82,83,85,86);2-4,6-7,10,16-17H,1H3,(H2,11,12,13);/q;;+2/p-2/t31?,34?,35?,36?,37?,41-,52-,53-,56?,57+,59?,60?,61?,62?;4-,6-,7-,10-;/m11./s1. The Morgan fingerprint density at radius 3 is 2.05 bits per heavy atom. The maximum absolute atomic E-state index is 14.4. The van der Waals surface area contributed by atoms with E-state index in [2.05, 4.69) is 30.6 Å². The van der Waals surface area contributed by atoms with E-state index in [0.29, 0.717) is 62.1 Å². The number of aryl methyl sites for hydroxylation is 2. The smallest absolute Gasteiger partial charge is 0.862 e. The summed E-state index contributed by atoms with van der Waals surface area (Å²) in [5.74, 6) is -7.98. The maximum atomic E-state index is 14.4. The van der Waals surface area contributed by atoms with E-state index < -0.39 is 168 Å². The third kappa shape index (κ3) is 16.3. The van der Waals surface area contributed by atoms with E-state index in [9.17, 15) is 64.4 Å². The number of nitrogens with two attached hydrogens (primary N) is 4. The van der Waals surface area contributed by atoms with Crippen LogP contribution >= 0.6 is 7.82 Å². The Labute approximate surface area is 640 Å². The number of aliphatic hydroxyl groups is 4. The number of aromatic amines is 1. The molecular weight excluding hydrogens is 1480 g/mol. The first kappa shape index (κ1) is 84.8. The summed E-state index contributed by atoms with van der Waals surface area (Å²) >= 11 is 0. The molecule has 7 aliphatic heterocycles. The summed E-state index contributed by atoms with van der Waals surface area (Å²) in [6.07, 6.45) is -5.23. The Balaban J connectivity index is 0.000000623. The molecule has 0 spiro atoms. The molecule has 3 fully saturated rings. The van der Waals surface area contributed by atoms with Crippen molar-refractivity contribution in [2.24, 2.45) is 77.5 Å². The molecule has 4 aromatic rings. The fraction of sp³-hybridized carbons (Fsp3) is 0.611. The molecule has 7 aliphatic rings. The van der Waals surface area contributed by atoms with Crippen molar-refractivity contribution in [3.05, 3.63) is 76.6 Å². The third-order valence-electron chi connectivity index (χ3n) is 23.7. The van der Waals surface area contributed by atoms with Gasteiger partial charge in [-0.3, -0.25) is 47.8 Å². The van der Waals surface area contributed by atoms with Crippen LogP contribution in [0.25, 0.3) is 22.2 Å². The van der Waals surface area contributed by atoms with E-state index >= 15 is 0 Å². The van der Waals surface area contributed by atoms with Crippen LogP contribution < -0.4 is 53.5 Å². The van der Waals surface area contributed by atoms with Gasteiger partial charge in [-0.1, -0.05) is 34.6 Å². The van der Waals surface area contributed by atoms with Gasteiger partial charge < -0.3 is 99.9 Å². The van der Waals surface area contributed by atoms with Crippen molar-refractivity contribution in [1.29, 1.82) is 16.2 Å². The zero-order chi connectivity index (χ0) is 79.6. The minimum Gasteiger partial charge on any atom is -0.862 e. The van der Waals surface area contributed by atoms with Crippen LogP contribution in [0.1, 0.15) is 163 Å². The molecule has 109 heavy (non-hydrogen) atoms. The first-order valence-corrected chi connectivity index (χ1v) is 37.5. The summed E-state index contributed by atoms with van der Waals surface area (Å²) < 4.78 is 39.4. The number of allylic oxidation sites excluding steroid dienone is 6. The van der Waals surface area contributed by atoms with Gasteiger partial charge in [0.05, 0.1) is 36.7 Å². The molecule has 595 valence electrons. The Kier molecular flexibility index (Phi) is 25.0. The molecule has 1 radical (unpaired) electrons. The molecule has 37 heteroatoms. The molecule has 0 aliphatic carbocycles. The molecule has 11 rings (SSSR count). The van der Waals surface area contributed by atoms with Gasteiger partial charge in [0.15, 0.2) is 28.7 Å². The summed E-state index contributed by atoms with van der Waals surface area (Å²) in [4.78, 5) is 98.0. The zero-order valence-corrected chi connectivity index (χ0v) is 65.0. The predicted octanol–water partition coefficient (Wildman–Crippen LogP) is 1.18. The second-order valence-electron chi connectivity index (χ2n) is 31.3. The number of phosphoric acid groups is 1. The van der Waals surface area contributed by atoms with Crippen LogP contribution in [-0.2, 0) is 59.0 Å². The van der Waals surface area contributed by atoms with Crippen LogP contribution in [0.3, 0.4) is 0 Å². The second-order valence-corrected chi connectivity index (χ2v) is 32.7. The first-order valence-electron chi connectivity index (χ1n) is 36.0. The average molecular weight is 1580 g/mol. The molecule has 35 nitrogen and oxygen atoms in total. The predicted molar refractivity (Wildman–Crippen MR) is 389 cm³/mol. The molecule has 3 saturated heterocycles. The number of H-pyrrole nitrogens is 1. The number of carbonyl (C=O) groups excluding carboxylic acids is 4. The number of nitrogens with one attached hydrogen (secondary N) is 6. The molecule has 19 N–H and O–H groups in total. The average Bonchev–Trinajstić information content (AvgIpc) is 1.53. The third-order valence-corrected chi connectivity index (χ3v) is 24.9. The Bertz CT molecular complexity index is 4520. The molecule has 8 bridgehead atoms. The van der Waals surface area contributed by atoms with Gasteiger partial charge in [0.1, 0.15) is 42.4 Å². The van der Waals surface area contributed by atoms with Gasteiger partial charge in [-0.05, 0) is 152 Å². The van der Waals surface area contributed by atoms with Gasteiger partial charge >= 0.3 is 24.6 Å². The van der Waals surface area contributed by atoms with Crippen molar-refractivity contribution in [3.63, 3.8) is 0 Å². The second kappa shape index (κ2) is 32.2. The summed E-state index contributed by atoms with van der Waals surface area (Å²) in [7, 11) is -5.07. The van der Waals surface area contributed by atoms with Gasteiger partial charge in [-0.15, -0.1) is 0 Å². The number of aliphatic imine (C=N–C) groups is 3. The summed E-state index contributed by atoms with van der Waals surface area (Å²) in [6, 6.07) is 2.74. The van der Waals surface area contributed by atoms with Crippen molar-refractivity contribution in [2.75, 3.05) is 18.9 Å². The molecule has 4 amide bonds. The Hall–Kier alpha value is -8.26. The number of phosphoric ester groups is 1. The largest absolute Gasteiger partial charge is 2.00 e. The molecule has 10 heterocycles. The van der Waals surface area contributed by atoms with Crippen molar-refractivity contribution in [2.45, 2.75) is 220 Å². The molecule has 0 saturated carbocycles. The molecule has 11 unspecified atom stereocenters. The number of carbonyl (C=O) groups is 4. The number of imidazole rings is 2. The maximum Gasteiger partial charge on any atom is 2.00 e. The van der Waals surface area contributed by atoms with Crippen molar-refractivity contribution < 1.29 is 104 Å². The van der Waals surface area contributed by atoms with Crippen molar-refractivity contribution >= 4 is 94.3 Å². The van der Waals surface area contributed by atoms with E-state index in [4.69, 9.17) is 72.7 Å². The van der Waals surface area contributed by atoms with E-state index in [1.54, 1.807) is 50.1 Å². The number of anilines is 1. The van der Waals surface area contributed by atoms with Crippen LogP contribution in [0.15, 0.2) is 80.4 Å². The van der Waals surface area contributed by atoms with Crippen LogP contribution in [-0.4, -0.2) is 176 Å². The van der Waals surface area contributed by atoms with Gasteiger partial charge in [0.25, 0.3) is 0 Å². The fourth-order valence-electron chi connectivity index (χ4n) is 17.6. The fourth-order valence-corrected chi connectivity index (χ4v) is 18.7. The Morgan fingerprint density at radius 2 is 1.45 bits per heavy atom. The number of amides is 4. The number of rotatable bonds is 27. The first-order chi connectivity index (χ1) is 50.4. The topological polar surface area (TPSA) is 593 Å².